The highest BCUT2D eigenvalue weighted by Gasteiger charge is 2.17. The molecular weight excluding hydrogens is 362 g/mol. The predicted molar refractivity (Wildman–Crippen MR) is 102 cm³/mol. The van der Waals surface area contributed by atoms with Crippen LogP contribution in [0.5, 0.6) is 0 Å². The summed E-state index contributed by atoms with van der Waals surface area (Å²) in [6, 6.07) is 6.03. The second-order valence-corrected chi connectivity index (χ2v) is 8.99. The van der Waals surface area contributed by atoms with Gasteiger partial charge in [0.05, 0.1) is 10.6 Å². The smallest absolute Gasteiger partial charge is 0.317 e. The Balaban J connectivity index is 2.47. The Morgan fingerprint density at radius 1 is 1.16 bits per heavy atom. The summed E-state index contributed by atoms with van der Waals surface area (Å²) in [7, 11) is 0.550. The van der Waals surface area contributed by atoms with Gasteiger partial charge in [-0.15, -0.1) is 0 Å². The molecule has 0 heterocycles. The van der Waals surface area contributed by atoms with Gasteiger partial charge in [0.15, 0.2) is 9.84 Å². The van der Waals surface area contributed by atoms with Gasteiger partial charge >= 0.3 is 6.03 Å². The van der Waals surface area contributed by atoms with Crippen molar-refractivity contribution in [2.45, 2.75) is 31.2 Å². The minimum absolute atomic E-state index is 0.0196. The van der Waals surface area contributed by atoms with E-state index in [9.17, 15) is 13.2 Å². The van der Waals surface area contributed by atoms with Gasteiger partial charge in [-0.3, -0.25) is 0 Å². The Kier molecular flexibility index (Phi) is 8.68. The molecule has 0 aliphatic rings. The zero-order valence-electron chi connectivity index (χ0n) is 15.3. The van der Waals surface area contributed by atoms with Gasteiger partial charge in [0.2, 0.25) is 0 Å². The number of carbonyl (C=O) groups is 1. The summed E-state index contributed by atoms with van der Waals surface area (Å²) in [6.45, 7) is 5.63. The Bertz CT molecular complexity index is 646. The Hall–Kier alpha value is -1.31. The molecule has 1 aromatic carbocycles. The number of hydrogen-bond acceptors (Lipinski definition) is 4. The number of nitrogens with one attached hydrogen (secondary N) is 1. The summed E-state index contributed by atoms with van der Waals surface area (Å²) in [5, 5.41) is 3.30. The van der Waals surface area contributed by atoms with Gasteiger partial charge in [0.1, 0.15) is 0 Å². The number of benzene rings is 1. The van der Waals surface area contributed by atoms with Crippen molar-refractivity contribution >= 4 is 27.5 Å². The molecule has 1 N–H and O–H groups in total. The van der Waals surface area contributed by atoms with Gasteiger partial charge in [-0.05, 0) is 58.6 Å². The van der Waals surface area contributed by atoms with Crippen molar-refractivity contribution in [3.05, 3.63) is 29.3 Å². The molecule has 8 heteroatoms. The van der Waals surface area contributed by atoms with E-state index in [0.717, 1.165) is 6.54 Å². The molecule has 0 fully saturated rings. The molecule has 0 radical (unpaired) electrons. The molecule has 1 aromatic rings. The van der Waals surface area contributed by atoms with E-state index in [1.165, 1.54) is 12.1 Å². The number of amides is 2. The summed E-state index contributed by atoms with van der Waals surface area (Å²) in [6.07, 6.45) is 0.357. The second-order valence-electron chi connectivity index (χ2n) is 6.45. The van der Waals surface area contributed by atoms with Crippen molar-refractivity contribution in [2.75, 3.05) is 39.5 Å². The maximum atomic E-state index is 12.3. The van der Waals surface area contributed by atoms with Crippen LogP contribution in [0.3, 0.4) is 0 Å². The third-order valence-electron chi connectivity index (χ3n) is 3.71. The van der Waals surface area contributed by atoms with Crippen molar-refractivity contribution in [3.8, 4) is 0 Å². The van der Waals surface area contributed by atoms with Crippen molar-refractivity contribution in [1.29, 1.82) is 0 Å². The lowest BCUT2D eigenvalue weighted by atomic mass is 10.3. The van der Waals surface area contributed by atoms with Gasteiger partial charge < -0.3 is 15.1 Å². The zero-order valence-corrected chi connectivity index (χ0v) is 16.9. The van der Waals surface area contributed by atoms with Crippen LogP contribution in [0.4, 0.5) is 4.79 Å². The molecule has 6 nitrogen and oxygen atoms in total. The van der Waals surface area contributed by atoms with Crippen molar-refractivity contribution < 1.29 is 13.2 Å². The number of halogens is 1. The lowest BCUT2D eigenvalue weighted by Gasteiger charge is -2.28. The summed E-state index contributed by atoms with van der Waals surface area (Å²) in [4.78, 5) is 16.3. The molecule has 1 rings (SSSR count). The number of hydrogen-bond donors (Lipinski definition) is 1. The van der Waals surface area contributed by atoms with Crippen LogP contribution in [0.2, 0.25) is 5.02 Å². The molecule has 0 atom stereocenters. The molecule has 0 aliphatic heterocycles. The summed E-state index contributed by atoms with van der Waals surface area (Å²) < 4.78 is 24.5. The summed E-state index contributed by atoms with van der Waals surface area (Å²) in [5.41, 5.74) is 0. The van der Waals surface area contributed by atoms with Crippen LogP contribution >= 0.6 is 11.6 Å². The zero-order chi connectivity index (χ0) is 19.0. The molecule has 0 saturated heterocycles. The van der Waals surface area contributed by atoms with Crippen LogP contribution in [0.15, 0.2) is 29.2 Å². The minimum Gasteiger partial charge on any atom is -0.338 e. The molecule has 0 unspecified atom stereocenters. The quantitative estimate of drug-likeness (QED) is 0.659. The van der Waals surface area contributed by atoms with Crippen LogP contribution < -0.4 is 5.32 Å². The number of sulfone groups is 1. The third-order valence-corrected chi connectivity index (χ3v) is 5.78. The fraction of sp³-hybridized carbons (Fsp3) is 0.588. The first-order valence-electron chi connectivity index (χ1n) is 8.31. The Morgan fingerprint density at radius 3 is 2.28 bits per heavy atom. The second kappa shape index (κ2) is 9.99. The highest BCUT2D eigenvalue weighted by Crippen LogP contribution is 2.15. The van der Waals surface area contributed by atoms with E-state index in [1.54, 1.807) is 17.0 Å². The van der Waals surface area contributed by atoms with Gasteiger partial charge in [0, 0.05) is 30.7 Å². The average molecular weight is 390 g/mol. The van der Waals surface area contributed by atoms with E-state index in [2.05, 4.69) is 5.32 Å². The van der Waals surface area contributed by atoms with Crippen molar-refractivity contribution in [3.63, 3.8) is 0 Å². The van der Waals surface area contributed by atoms with Crippen LogP contribution in [-0.4, -0.2) is 69.8 Å². The van der Waals surface area contributed by atoms with Crippen LogP contribution in [0.25, 0.3) is 0 Å². The molecule has 2 amide bonds. The number of likely N-dealkylation sites (N-methyl/N-ethyl adjacent to an activating group) is 1. The third kappa shape index (κ3) is 7.63. The van der Waals surface area contributed by atoms with Gasteiger partial charge in [-0.25, -0.2) is 13.2 Å². The van der Waals surface area contributed by atoms with E-state index in [0.29, 0.717) is 24.5 Å². The largest absolute Gasteiger partial charge is 0.338 e. The van der Waals surface area contributed by atoms with E-state index in [4.69, 9.17) is 11.6 Å². The van der Waals surface area contributed by atoms with Crippen molar-refractivity contribution in [2.24, 2.45) is 0 Å². The van der Waals surface area contributed by atoms with Gasteiger partial charge in [0.25, 0.3) is 0 Å². The fourth-order valence-corrected chi connectivity index (χ4v) is 3.66. The number of nitrogens with zero attached hydrogens (tertiary/aromatic N) is 2. The summed E-state index contributed by atoms with van der Waals surface area (Å²) >= 11 is 5.77. The monoisotopic (exact) mass is 389 g/mol. The molecule has 142 valence electrons. The molecule has 0 aromatic heterocycles. The fourth-order valence-electron chi connectivity index (χ4n) is 2.22. The Morgan fingerprint density at radius 2 is 1.76 bits per heavy atom. The highest BCUT2D eigenvalue weighted by molar-refractivity contribution is 7.91. The molecule has 25 heavy (non-hydrogen) atoms. The first-order valence-corrected chi connectivity index (χ1v) is 10.3. The maximum absolute atomic E-state index is 12.3. The molecule has 0 bridgehead atoms. The first kappa shape index (κ1) is 21.7. The predicted octanol–water partition coefficient (Wildman–Crippen LogP) is 2.49. The van der Waals surface area contributed by atoms with E-state index in [1.807, 2.05) is 32.8 Å². The summed E-state index contributed by atoms with van der Waals surface area (Å²) in [5.74, 6) is -0.0196. The standard InChI is InChI=1S/C17H28ClN3O3S/c1-14(2)21(12-11-20(3)4)17(22)19-10-5-13-25(23,24)16-8-6-15(18)7-9-16/h6-9,14H,5,10-13H2,1-4H3,(H,19,22). The molecule has 0 spiro atoms. The normalized spacial score (nSPS) is 11.8. The SMILES string of the molecule is CC(C)N(CCN(C)C)C(=O)NCCCS(=O)(=O)c1ccc(Cl)cc1. The van der Waals surface area contributed by atoms with E-state index >= 15 is 0 Å². The highest BCUT2D eigenvalue weighted by atomic mass is 35.5. The van der Waals surface area contributed by atoms with Crippen molar-refractivity contribution in [1.82, 2.24) is 15.1 Å². The average Bonchev–Trinajstić information content (AvgIpc) is 2.51. The molecule has 0 saturated carbocycles. The Labute approximate surface area is 156 Å². The number of urea groups is 1. The number of rotatable bonds is 9. The molecular formula is C17H28ClN3O3S. The molecule has 0 aliphatic carbocycles. The lowest BCUT2D eigenvalue weighted by Crippen LogP contribution is -2.47. The lowest BCUT2D eigenvalue weighted by molar-refractivity contribution is 0.176. The minimum atomic E-state index is -3.36. The maximum Gasteiger partial charge on any atom is 0.317 e. The van der Waals surface area contributed by atoms with E-state index < -0.39 is 9.84 Å². The van der Waals surface area contributed by atoms with Gasteiger partial charge in [-0.1, -0.05) is 11.6 Å². The van der Waals surface area contributed by atoms with Crippen LogP contribution in [0, 0.1) is 0 Å². The topological polar surface area (TPSA) is 69.7 Å². The van der Waals surface area contributed by atoms with Crippen LogP contribution in [-0.2, 0) is 9.84 Å². The van der Waals surface area contributed by atoms with Crippen LogP contribution in [0.1, 0.15) is 20.3 Å². The van der Waals surface area contributed by atoms with E-state index in [-0.39, 0.29) is 22.7 Å². The first-order chi connectivity index (χ1) is 11.6. The van der Waals surface area contributed by atoms with Gasteiger partial charge in [-0.2, -0.15) is 0 Å². The number of carbonyl (C=O) groups excluding carboxylic acids is 1.